The molecule has 4 aromatic rings. The van der Waals surface area contributed by atoms with Crippen LogP contribution in [-0.2, 0) is 18.6 Å². The molecule has 0 radical (unpaired) electrons. The van der Waals surface area contributed by atoms with Crippen LogP contribution in [0.3, 0.4) is 0 Å². The van der Waals surface area contributed by atoms with E-state index in [1.165, 1.54) is 0 Å². The second kappa shape index (κ2) is 10.3. The van der Waals surface area contributed by atoms with Crippen molar-refractivity contribution in [2.75, 3.05) is 0 Å². The fourth-order valence-corrected chi connectivity index (χ4v) is 3.83. The molecule has 0 unspecified atom stereocenters. The Morgan fingerprint density at radius 3 is 1.79 bits per heavy atom. The highest BCUT2D eigenvalue weighted by atomic mass is 19.3. The number of aryl methyl sites for hydroxylation is 1. The van der Waals surface area contributed by atoms with E-state index >= 15 is 0 Å². The van der Waals surface area contributed by atoms with Gasteiger partial charge in [0.2, 0.25) is 0 Å². The van der Waals surface area contributed by atoms with E-state index < -0.39 is 75.1 Å². The van der Waals surface area contributed by atoms with E-state index in [4.69, 9.17) is 0 Å². The fourth-order valence-electron chi connectivity index (χ4n) is 3.83. The third kappa shape index (κ3) is 5.45. The van der Waals surface area contributed by atoms with Gasteiger partial charge in [-0.3, -0.25) is 0 Å². The molecule has 0 aliphatic rings. The van der Waals surface area contributed by atoms with E-state index in [1.54, 1.807) is 6.92 Å². The molecule has 12 heteroatoms. The van der Waals surface area contributed by atoms with Gasteiger partial charge < -0.3 is 9.47 Å². The van der Waals surface area contributed by atoms with Crippen molar-refractivity contribution in [3.05, 3.63) is 106 Å². The maximum Gasteiger partial charge on any atom is 0.429 e. The van der Waals surface area contributed by atoms with Crippen molar-refractivity contribution in [3.8, 4) is 11.5 Å². The quantitative estimate of drug-likeness (QED) is 0.158. The third-order valence-electron chi connectivity index (χ3n) is 5.67. The first-order chi connectivity index (χ1) is 18.2. The van der Waals surface area contributed by atoms with E-state index in [-0.39, 0.29) is 29.5 Å². The highest BCUT2D eigenvalue weighted by Gasteiger charge is 2.40. The second-order valence-corrected chi connectivity index (χ2v) is 8.40. The molecule has 0 atom stereocenters. The topological polar surface area (TPSA) is 18.5 Å². The Balaban J connectivity index is 1.59. The van der Waals surface area contributed by atoms with E-state index in [1.807, 2.05) is 0 Å². The molecule has 0 saturated carbocycles. The number of hydrogen-bond acceptors (Lipinski definition) is 2. The number of benzene rings is 4. The molecule has 0 amide bonds. The lowest BCUT2D eigenvalue weighted by Gasteiger charge is -2.21. The van der Waals surface area contributed by atoms with Crippen molar-refractivity contribution in [2.45, 2.75) is 32.0 Å². The molecular formula is C27H16F10O2. The van der Waals surface area contributed by atoms with Crippen LogP contribution in [0.25, 0.3) is 10.8 Å². The molecule has 0 aliphatic heterocycles. The van der Waals surface area contributed by atoms with Crippen LogP contribution in [0, 0.1) is 34.9 Å². The third-order valence-corrected chi connectivity index (χ3v) is 5.67. The van der Waals surface area contributed by atoms with Crippen molar-refractivity contribution < 1.29 is 53.4 Å². The van der Waals surface area contributed by atoms with Gasteiger partial charge in [0.25, 0.3) is 0 Å². The zero-order valence-corrected chi connectivity index (χ0v) is 19.7. The average Bonchev–Trinajstić information content (AvgIpc) is 2.85. The molecule has 4 aromatic carbocycles. The maximum atomic E-state index is 15.0. The number of alkyl halides is 4. The highest BCUT2D eigenvalue weighted by Crippen LogP contribution is 2.39. The van der Waals surface area contributed by atoms with E-state index in [0.717, 1.165) is 12.1 Å². The molecule has 0 saturated heterocycles. The first-order valence-corrected chi connectivity index (χ1v) is 11.2. The van der Waals surface area contributed by atoms with Crippen molar-refractivity contribution in [1.29, 1.82) is 0 Å². The van der Waals surface area contributed by atoms with E-state index in [2.05, 4.69) is 9.47 Å². The summed E-state index contributed by atoms with van der Waals surface area (Å²) in [7, 11) is 0. The minimum Gasteiger partial charge on any atom is -0.429 e. The summed E-state index contributed by atoms with van der Waals surface area (Å²) in [5.41, 5.74) is -2.46. The van der Waals surface area contributed by atoms with Gasteiger partial charge in [0, 0.05) is 12.1 Å². The SMILES string of the molecule is CCCc1cc2ccc(C(F)(F)Oc3ccc(C(F)(F)Oc4cc(F)c(F)c(F)c4)cc3)c(F)c2c(F)c1F. The van der Waals surface area contributed by atoms with Crippen LogP contribution in [0.5, 0.6) is 11.5 Å². The number of rotatable bonds is 8. The summed E-state index contributed by atoms with van der Waals surface area (Å²) in [6.07, 6.45) is -8.11. The molecule has 0 bridgehead atoms. The smallest absolute Gasteiger partial charge is 0.429 e. The van der Waals surface area contributed by atoms with Gasteiger partial charge in [-0.25, -0.2) is 26.3 Å². The van der Waals surface area contributed by atoms with Crippen LogP contribution >= 0.6 is 0 Å². The van der Waals surface area contributed by atoms with Crippen molar-refractivity contribution in [2.24, 2.45) is 0 Å². The van der Waals surface area contributed by atoms with Crippen LogP contribution < -0.4 is 9.47 Å². The van der Waals surface area contributed by atoms with Gasteiger partial charge in [0.15, 0.2) is 29.1 Å². The monoisotopic (exact) mass is 562 g/mol. The lowest BCUT2D eigenvalue weighted by molar-refractivity contribution is -0.188. The van der Waals surface area contributed by atoms with Gasteiger partial charge in [-0.2, -0.15) is 17.6 Å². The summed E-state index contributed by atoms with van der Waals surface area (Å²) in [6.45, 7) is 1.71. The Labute approximate surface area is 214 Å². The summed E-state index contributed by atoms with van der Waals surface area (Å²) in [5.74, 6) is -12.0. The Hall–Kier alpha value is -3.96. The van der Waals surface area contributed by atoms with Gasteiger partial charge in [0.1, 0.15) is 22.9 Å². The molecule has 0 aliphatic carbocycles. The molecule has 0 heterocycles. The van der Waals surface area contributed by atoms with E-state index in [9.17, 15) is 43.9 Å². The molecule has 206 valence electrons. The van der Waals surface area contributed by atoms with Gasteiger partial charge in [0.05, 0.1) is 10.9 Å². The molecular weight excluding hydrogens is 546 g/mol. The highest BCUT2D eigenvalue weighted by molar-refractivity contribution is 5.85. The standard InChI is InChI=1S/C27H16F10O2/c1-2-3-14-10-13-4-9-18(23(31)21(13)25(33)22(14)30)27(36,37)38-16-7-5-15(6-8-16)26(34,35)39-17-11-19(28)24(32)20(29)12-17/h4-12H,2-3H2,1H3. The summed E-state index contributed by atoms with van der Waals surface area (Å²) in [5, 5.41) is -1.16. The Morgan fingerprint density at radius 1 is 0.615 bits per heavy atom. The molecule has 39 heavy (non-hydrogen) atoms. The summed E-state index contributed by atoms with van der Waals surface area (Å²) in [4.78, 5) is 0. The maximum absolute atomic E-state index is 15.0. The van der Waals surface area contributed by atoms with Gasteiger partial charge in [-0.05, 0) is 53.8 Å². The minimum absolute atomic E-state index is 0.0479. The normalized spacial score (nSPS) is 12.2. The molecule has 0 aromatic heterocycles. The fraction of sp³-hybridized carbons (Fsp3) is 0.185. The van der Waals surface area contributed by atoms with Gasteiger partial charge in [-0.1, -0.05) is 19.4 Å². The zero-order valence-electron chi connectivity index (χ0n) is 19.7. The average molecular weight is 562 g/mol. The Kier molecular flexibility index (Phi) is 7.42. The summed E-state index contributed by atoms with van der Waals surface area (Å²) in [6, 6.07) is 5.54. The Morgan fingerprint density at radius 2 is 1.21 bits per heavy atom. The van der Waals surface area contributed by atoms with Crippen molar-refractivity contribution in [1.82, 2.24) is 0 Å². The largest absolute Gasteiger partial charge is 0.429 e. The van der Waals surface area contributed by atoms with Crippen LogP contribution in [0.15, 0.2) is 54.6 Å². The number of halogens is 10. The molecule has 0 fully saturated rings. The molecule has 0 spiro atoms. The molecule has 2 nitrogen and oxygen atoms in total. The summed E-state index contributed by atoms with van der Waals surface area (Å²) < 4.78 is 151. The van der Waals surface area contributed by atoms with E-state index in [0.29, 0.717) is 36.8 Å². The summed E-state index contributed by atoms with van der Waals surface area (Å²) >= 11 is 0. The van der Waals surface area contributed by atoms with Gasteiger partial charge in [-0.15, -0.1) is 0 Å². The minimum atomic E-state index is -4.45. The first-order valence-electron chi connectivity index (χ1n) is 11.2. The lowest BCUT2D eigenvalue weighted by atomic mass is 9.99. The van der Waals surface area contributed by atoms with Crippen LogP contribution in [0.4, 0.5) is 43.9 Å². The zero-order chi connectivity index (χ0) is 28.7. The van der Waals surface area contributed by atoms with Crippen molar-refractivity contribution >= 4 is 10.8 Å². The predicted octanol–water partition coefficient (Wildman–Crippen LogP) is 8.88. The number of ether oxygens (including phenoxy) is 2. The van der Waals surface area contributed by atoms with Crippen molar-refractivity contribution in [3.63, 3.8) is 0 Å². The number of hydrogen-bond donors (Lipinski definition) is 0. The molecule has 4 rings (SSSR count). The first kappa shape index (κ1) is 28.1. The van der Waals surface area contributed by atoms with Crippen LogP contribution in [0.2, 0.25) is 0 Å². The van der Waals surface area contributed by atoms with Gasteiger partial charge >= 0.3 is 12.2 Å². The van der Waals surface area contributed by atoms with Crippen LogP contribution in [-0.4, -0.2) is 0 Å². The predicted molar refractivity (Wildman–Crippen MR) is 120 cm³/mol. The molecule has 0 N–H and O–H groups in total. The second-order valence-electron chi connectivity index (χ2n) is 8.40. The van der Waals surface area contributed by atoms with Crippen LogP contribution in [0.1, 0.15) is 30.0 Å². The number of fused-ring (bicyclic) bond motifs is 1. The lowest BCUT2D eigenvalue weighted by Crippen LogP contribution is -2.24. The Bertz CT molecular complexity index is 1510.